The first-order valence-corrected chi connectivity index (χ1v) is 7.88. The van der Waals surface area contributed by atoms with E-state index in [9.17, 15) is 9.18 Å². The number of fused-ring (bicyclic) bond motifs is 1. The number of carbonyl (C=O) groups excluding carboxylic acids is 1. The molecule has 1 aromatic carbocycles. The lowest BCUT2D eigenvalue weighted by Crippen LogP contribution is -2.48. The minimum atomic E-state index is -0.347. The van der Waals surface area contributed by atoms with E-state index < -0.39 is 0 Å². The minimum absolute atomic E-state index is 0.0255. The third-order valence-electron chi connectivity index (χ3n) is 4.48. The van der Waals surface area contributed by atoms with Crippen LogP contribution >= 0.6 is 0 Å². The van der Waals surface area contributed by atoms with Gasteiger partial charge in [0, 0.05) is 48.5 Å². The van der Waals surface area contributed by atoms with E-state index >= 15 is 0 Å². The molecular formula is C19H16FN3O. The fourth-order valence-electron chi connectivity index (χ4n) is 3.17. The molecule has 120 valence electrons. The van der Waals surface area contributed by atoms with Gasteiger partial charge in [0.2, 0.25) is 0 Å². The number of hydrogen-bond donors (Lipinski definition) is 0. The van der Waals surface area contributed by atoms with Crippen molar-refractivity contribution in [2.45, 2.75) is 12.8 Å². The van der Waals surface area contributed by atoms with Crippen molar-refractivity contribution in [3.63, 3.8) is 0 Å². The molecular weight excluding hydrogens is 305 g/mol. The molecule has 24 heavy (non-hydrogen) atoms. The van der Waals surface area contributed by atoms with Gasteiger partial charge in [0.1, 0.15) is 5.82 Å². The average Bonchev–Trinajstić information content (AvgIpc) is 2.53. The molecule has 0 aliphatic carbocycles. The number of amides is 1. The zero-order valence-electron chi connectivity index (χ0n) is 13.2. The van der Waals surface area contributed by atoms with Crippen LogP contribution in [0.3, 0.4) is 0 Å². The fraction of sp³-hybridized carbons (Fsp3) is 0.211. The van der Waals surface area contributed by atoms with E-state index in [1.54, 1.807) is 24.5 Å². The highest BCUT2D eigenvalue weighted by atomic mass is 19.1. The second kappa shape index (κ2) is 5.67. The van der Waals surface area contributed by atoms with Gasteiger partial charge in [-0.25, -0.2) is 4.39 Å². The Morgan fingerprint density at radius 1 is 1.17 bits per heavy atom. The first-order chi connectivity index (χ1) is 11.6. The van der Waals surface area contributed by atoms with Gasteiger partial charge in [0.15, 0.2) is 0 Å². The van der Waals surface area contributed by atoms with Gasteiger partial charge >= 0.3 is 0 Å². The maximum atomic E-state index is 13.4. The number of benzene rings is 1. The lowest BCUT2D eigenvalue weighted by atomic mass is 9.91. The second-order valence-electron chi connectivity index (χ2n) is 6.16. The van der Waals surface area contributed by atoms with E-state index in [0.717, 1.165) is 0 Å². The van der Waals surface area contributed by atoms with Crippen molar-refractivity contribution in [2.75, 3.05) is 13.1 Å². The molecule has 0 saturated carbocycles. The Hall–Kier alpha value is -2.82. The molecule has 0 N–H and O–H groups in total. The summed E-state index contributed by atoms with van der Waals surface area (Å²) in [5.41, 5.74) is 3.02. The number of halogens is 1. The average molecular weight is 321 g/mol. The van der Waals surface area contributed by atoms with Crippen LogP contribution in [0.25, 0.3) is 10.9 Å². The Balaban J connectivity index is 1.61. The SMILES string of the molecule is Cc1cc(C(=O)N2CC(c3ccncc3)C2)c2ccc(F)cc2n1. The first-order valence-electron chi connectivity index (χ1n) is 7.88. The molecule has 2 aromatic heterocycles. The number of hydrogen-bond acceptors (Lipinski definition) is 3. The van der Waals surface area contributed by atoms with E-state index in [4.69, 9.17) is 0 Å². The number of carbonyl (C=O) groups is 1. The monoisotopic (exact) mass is 321 g/mol. The molecule has 1 aliphatic rings. The molecule has 4 nitrogen and oxygen atoms in total. The predicted molar refractivity (Wildman–Crippen MR) is 89.3 cm³/mol. The number of rotatable bonds is 2. The zero-order valence-corrected chi connectivity index (χ0v) is 13.2. The third kappa shape index (κ3) is 2.52. The quantitative estimate of drug-likeness (QED) is 0.727. The molecule has 3 aromatic rings. The molecule has 0 bridgehead atoms. The van der Waals surface area contributed by atoms with Crippen molar-refractivity contribution >= 4 is 16.8 Å². The molecule has 0 atom stereocenters. The van der Waals surface area contributed by atoms with Crippen LogP contribution in [0.2, 0.25) is 0 Å². The highest BCUT2D eigenvalue weighted by Gasteiger charge is 2.33. The van der Waals surface area contributed by atoms with Crippen molar-refractivity contribution in [1.82, 2.24) is 14.9 Å². The Bertz CT molecular complexity index is 915. The van der Waals surface area contributed by atoms with E-state index in [1.165, 1.54) is 17.7 Å². The van der Waals surface area contributed by atoms with Crippen LogP contribution in [-0.4, -0.2) is 33.9 Å². The molecule has 1 saturated heterocycles. The molecule has 0 radical (unpaired) electrons. The summed E-state index contributed by atoms with van der Waals surface area (Å²) in [6.45, 7) is 3.19. The van der Waals surface area contributed by atoms with Crippen LogP contribution in [0.4, 0.5) is 4.39 Å². The Labute approximate surface area is 139 Å². The molecule has 1 fully saturated rings. The minimum Gasteiger partial charge on any atom is -0.337 e. The van der Waals surface area contributed by atoms with Gasteiger partial charge in [0.25, 0.3) is 5.91 Å². The Kier molecular flexibility index (Phi) is 3.49. The summed E-state index contributed by atoms with van der Waals surface area (Å²) in [5.74, 6) is -0.0216. The first kappa shape index (κ1) is 14.8. The van der Waals surface area contributed by atoms with Crippen molar-refractivity contribution in [3.8, 4) is 0 Å². The smallest absolute Gasteiger partial charge is 0.254 e. The molecule has 1 amide bonds. The summed E-state index contributed by atoms with van der Waals surface area (Å²) in [6, 6.07) is 10.1. The van der Waals surface area contributed by atoms with Gasteiger partial charge in [-0.1, -0.05) is 0 Å². The summed E-state index contributed by atoms with van der Waals surface area (Å²) in [5, 5.41) is 0.694. The van der Waals surface area contributed by atoms with Gasteiger partial charge < -0.3 is 4.90 Å². The number of pyridine rings is 2. The summed E-state index contributed by atoms with van der Waals surface area (Å²) in [6.07, 6.45) is 3.54. The maximum Gasteiger partial charge on any atom is 0.254 e. The van der Waals surface area contributed by atoms with E-state index in [0.29, 0.717) is 41.2 Å². The number of likely N-dealkylation sites (tertiary alicyclic amines) is 1. The normalized spacial score (nSPS) is 14.7. The molecule has 5 heteroatoms. The Morgan fingerprint density at radius 2 is 1.92 bits per heavy atom. The van der Waals surface area contributed by atoms with Crippen LogP contribution in [0.1, 0.15) is 27.5 Å². The van der Waals surface area contributed by atoms with Crippen molar-refractivity contribution in [3.05, 3.63) is 71.4 Å². The Morgan fingerprint density at radius 3 is 2.67 bits per heavy atom. The lowest BCUT2D eigenvalue weighted by Gasteiger charge is -2.39. The summed E-state index contributed by atoms with van der Waals surface area (Å²) < 4.78 is 13.4. The molecule has 0 spiro atoms. The summed E-state index contributed by atoms with van der Waals surface area (Å²) >= 11 is 0. The number of aryl methyl sites for hydroxylation is 1. The van der Waals surface area contributed by atoms with Crippen LogP contribution in [0.15, 0.2) is 48.8 Å². The fourth-order valence-corrected chi connectivity index (χ4v) is 3.17. The van der Waals surface area contributed by atoms with Crippen LogP contribution in [-0.2, 0) is 0 Å². The zero-order chi connectivity index (χ0) is 16.7. The number of nitrogens with zero attached hydrogens (tertiary/aromatic N) is 3. The molecule has 1 aliphatic heterocycles. The van der Waals surface area contributed by atoms with E-state index in [1.807, 2.05) is 24.0 Å². The molecule has 0 unspecified atom stereocenters. The van der Waals surface area contributed by atoms with Gasteiger partial charge in [-0.3, -0.25) is 14.8 Å². The second-order valence-corrected chi connectivity index (χ2v) is 6.16. The van der Waals surface area contributed by atoms with Crippen molar-refractivity contribution in [2.24, 2.45) is 0 Å². The standard InChI is InChI=1S/C19H16FN3O/c1-12-8-17(16-3-2-15(20)9-18(16)22-12)19(24)23-10-14(11-23)13-4-6-21-7-5-13/h2-9,14H,10-11H2,1H3. The highest BCUT2D eigenvalue weighted by molar-refractivity contribution is 6.06. The van der Waals surface area contributed by atoms with Gasteiger partial charge in [0.05, 0.1) is 11.1 Å². The highest BCUT2D eigenvalue weighted by Crippen LogP contribution is 2.29. The van der Waals surface area contributed by atoms with Crippen LogP contribution in [0.5, 0.6) is 0 Å². The molecule has 4 rings (SSSR count). The van der Waals surface area contributed by atoms with Crippen molar-refractivity contribution < 1.29 is 9.18 Å². The van der Waals surface area contributed by atoms with Crippen LogP contribution in [0, 0.1) is 12.7 Å². The van der Waals surface area contributed by atoms with Crippen LogP contribution < -0.4 is 0 Å². The third-order valence-corrected chi connectivity index (χ3v) is 4.48. The summed E-state index contributed by atoms with van der Waals surface area (Å²) in [4.78, 5) is 23.0. The van der Waals surface area contributed by atoms with Gasteiger partial charge in [-0.15, -0.1) is 0 Å². The lowest BCUT2D eigenvalue weighted by molar-refractivity contribution is 0.0604. The van der Waals surface area contributed by atoms with Gasteiger partial charge in [-0.2, -0.15) is 0 Å². The predicted octanol–water partition coefficient (Wildman–Crippen LogP) is 3.32. The number of aromatic nitrogens is 2. The van der Waals surface area contributed by atoms with Crippen molar-refractivity contribution in [1.29, 1.82) is 0 Å². The van der Waals surface area contributed by atoms with Gasteiger partial charge in [-0.05, 0) is 42.8 Å². The summed E-state index contributed by atoms with van der Waals surface area (Å²) in [7, 11) is 0. The maximum absolute atomic E-state index is 13.4. The van der Waals surface area contributed by atoms with E-state index in [-0.39, 0.29) is 11.7 Å². The van der Waals surface area contributed by atoms with E-state index in [2.05, 4.69) is 9.97 Å². The topological polar surface area (TPSA) is 46.1 Å². The molecule has 3 heterocycles. The largest absolute Gasteiger partial charge is 0.337 e.